The fraction of sp³-hybridized carbons (Fsp3) is 0.625. The Morgan fingerprint density at radius 1 is 1.24 bits per heavy atom. The van der Waals surface area contributed by atoms with Crippen LogP contribution in [0.5, 0.6) is 11.5 Å². The van der Waals surface area contributed by atoms with Gasteiger partial charge in [-0.25, -0.2) is 0 Å². The van der Waals surface area contributed by atoms with E-state index in [9.17, 15) is 0 Å². The molecule has 0 radical (unpaired) electrons. The molecule has 0 aliphatic carbocycles. The summed E-state index contributed by atoms with van der Waals surface area (Å²) in [4.78, 5) is 0. The molecular weight excluding hydrogens is 290 g/mol. The Labute approximate surface area is 131 Å². The lowest BCUT2D eigenvalue weighted by molar-refractivity contribution is -0.0161. The fourth-order valence-electron chi connectivity index (χ4n) is 2.62. The van der Waals surface area contributed by atoms with E-state index >= 15 is 0 Å². The molecule has 0 spiro atoms. The number of nitrogens with one attached hydrogen (secondary N) is 1. The second kappa shape index (κ2) is 7.23. The van der Waals surface area contributed by atoms with Gasteiger partial charge in [-0.05, 0) is 24.8 Å². The van der Waals surface area contributed by atoms with Crippen LogP contribution in [0.4, 0.5) is 5.69 Å². The second-order valence-electron chi connectivity index (χ2n) is 5.71. The van der Waals surface area contributed by atoms with Crippen LogP contribution in [0.15, 0.2) is 12.1 Å². The van der Waals surface area contributed by atoms with E-state index in [0.717, 1.165) is 30.9 Å². The minimum Gasteiger partial charge on any atom is -0.495 e. The van der Waals surface area contributed by atoms with E-state index in [1.165, 1.54) is 0 Å². The Morgan fingerprint density at radius 2 is 1.95 bits per heavy atom. The van der Waals surface area contributed by atoms with Crippen molar-refractivity contribution in [1.29, 1.82) is 0 Å². The highest BCUT2D eigenvalue weighted by molar-refractivity contribution is 6.32. The van der Waals surface area contributed by atoms with Gasteiger partial charge in [0, 0.05) is 18.7 Å². The molecule has 2 unspecified atom stereocenters. The third-order valence-corrected chi connectivity index (χ3v) is 4.19. The molecule has 1 aliphatic heterocycles. The van der Waals surface area contributed by atoms with E-state index in [4.69, 9.17) is 25.8 Å². The molecule has 21 heavy (non-hydrogen) atoms. The van der Waals surface area contributed by atoms with Gasteiger partial charge in [-0.3, -0.25) is 0 Å². The first-order chi connectivity index (χ1) is 10.0. The standard InChI is InChI=1S/C16H24ClNO3/c1-10(2)14-7-11(5-6-21-14)18-13-8-12(17)15(19-3)9-16(13)20-4/h8-11,14,18H,5-7H2,1-4H3. The van der Waals surface area contributed by atoms with Crippen molar-refractivity contribution in [3.63, 3.8) is 0 Å². The summed E-state index contributed by atoms with van der Waals surface area (Å²) in [5, 5.41) is 4.11. The smallest absolute Gasteiger partial charge is 0.145 e. The highest BCUT2D eigenvalue weighted by Gasteiger charge is 2.25. The monoisotopic (exact) mass is 313 g/mol. The Balaban J connectivity index is 2.13. The molecule has 5 heteroatoms. The molecule has 1 aromatic carbocycles. The number of halogens is 1. The number of methoxy groups -OCH3 is 2. The van der Waals surface area contributed by atoms with Gasteiger partial charge < -0.3 is 19.5 Å². The van der Waals surface area contributed by atoms with Gasteiger partial charge in [0.25, 0.3) is 0 Å². The summed E-state index contributed by atoms with van der Waals surface area (Å²) in [6, 6.07) is 4.03. The number of hydrogen-bond acceptors (Lipinski definition) is 4. The topological polar surface area (TPSA) is 39.7 Å². The highest BCUT2D eigenvalue weighted by atomic mass is 35.5. The Bertz CT molecular complexity index is 479. The van der Waals surface area contributed by atoms with Crippen molar-refractivity contribution in [3.8, 4) is 11.5 Å². The van der Waals surface area contributed by atoms with Gasteiger partial charge in [0.15, 0.2) is 0 Å². The van der Waals surface area contributed by atoms with Gasteiger partial charge in [0.05, 0.1) is 31.0 Å². The third-order valence-electron chi connectivity index (χ3n) is 3.89. The Morgan fingerprint density at radius 3 is 2.57 bits per heavy atom. The number of ether oxygens (including phenoxy) is 3. The molecule has 1 aliphatic rings. The average molecular weight is 314 g/mol. The van der Waals surface area contributed by atoms with Gasteiger partial charge >= 0.3 is 0 Å². The van der Waals surface area contributed by atoms with Crippen LogP contribution in [0.3, 0.4) is 0 Å². The van der Waals surface area contributed by atoms with Gasteiger partial charge in [-0.1, -0.05) is 25.4 Å². The van der Waals surface area contributed by atoms with Crippen molar-refractivity contribution in [3.05, 3.63) is 17.2 Å². The predicted octanol–water partition coefficient (Wildman–Crippen LogP) is 3.97. The van der Waals surface area contributed by atoms with Crippen LogP contribution in [0, 0.1) is 5.92 Å². The molecule has 2 rings (SSSR count). The van der Waals surface area contributed by atoms with E-state index in [1.807, 2.05) is 12.1 Å². The van der Waals surface area contributed by atoms with Gasteiger partial charge in [0.1, 0.15) is 11.5 Å². The van der Waals surface area contributed by atoms with Crippen LogP contribution in [0.25, 0.3) is 0 Å². The first-order valence-corrected chi connectivity index (χ1v) is 7.72. The van der Waals surface area contributed by atoms with E-state index in [-0.39, 0.29) is 0 Å². The normalized spacial score (nSPS) is 22.2. The van der Waals surface area contributed by atoms with E-state index in [1.54, 1.807) is 14.2 Å². The molecule has 1 fully saturated rings. The summed E-state index contributed by atoms with van der Waals surface area (Å²) >= 11 is 6.21. The second-order valence-corrected chi connectivity index (χ2v) is 6.11. The minimum absolute atomic E-state index is 0.302. The molecule has 1 heterocycles. The molecule has 1 saturated heterocycles. The summed E-state index contributed by atoms with van der Waals surface area (Å²) in [6.07, 6.45) is 2.27. The Hall–Kier alpha value is -1.13. The highest BCUT2D eigenvalue weighted by Crippen LogP contribution is 2.37. The van der Waals surface area contributed by atoms with E-state index in [2.05, 4.69) is 19.2 Å². The SMILES string of the molecule is COc1cc(OC)c(NC2CCOC(C(C)C)C2)cc1Cl. The molecule has 1 N–H and O–H groups in total. The largest absolute Gasteiger partial charge is 0.495 e. The van der Waals surface area contributed by atoms with Crippen LogP contribution < -0.4 is 14.8 Å². The van der Waals surface area contributed by atoms with Crippen molar-refractivity contribution >= 4 is 17.3 Å². The van der Waals surface area contributed by atoms with E-state index in [0.29, 0.717) is 28.8 Å². The van der Waals surface area contributed by atoms with Crippen molar-refractivity contribution in [2.24, 2.45) is 5.92 Å². The van der Waals surface area contributed by atoms with E-state index < -0.39 is 0 Å². The lowest BCUT2D eigenvalue weighted by atomic mass is 9.95. The van der Waals surface area contributed by atoms with Crippen LogP contribution in [0.1, 0.15) is 26.7 Å². The molecule has 1 aromatic rings. The predicted molar refractivity (Wildman–Crippen MR) is 85.8 cm³/mol. The summed E-state index contributed by atoms with van der Waals surface area (Å²) < 4.78 is 16.5. The Kier molecular flexibility index (Phi) is 5.59. The van der Waals surface area contributed by atoms with Crippen LogP contribution >= 0.6 is 11.6 Å². The number of benzene rings is 1. The summed E-state index contributed by atoms with van der Waals surface area (Å²) in [6.45, 7) is 5.17. The zero-order valence-corrected chi connectivity index (χ0v) is 13.9. The van der Waals surface area contributed by atoms with Crippen molar-refractivity contribution in [1.82, 2.24) is 0 Å². The number of anilines is 1. The summed E-state index contributed by atoms with van der Waals surface area (Å²) in [7, 11) is 3.24. The molecule has 4 nitrogen and oxygen atoms in total. The molecular formula is C16H24ClNO3. The zero-order valence-electron chi connectivity index (χ0n) is 13.1. The molecule has 118 valence electrons. The van der Waals surface area contributed by atoms with Crippen LogP contribution in [-0.4, -0.2) is 33.0 Å². The third kappa shape index (κ3) is 3.95. The van der Waals surface area contributed by atoms with Crippen molar-refractivity contribution in [2.75, 3.05) is 26.1 Å². The lowest BCUT2D eigenvalue weighted by Gasteiger charge is -2.33. The van der Waals surface area contributed by atoms with Crippen LogP contribution in [-0.2, 0) is 4.74 Å². The number of rotatable bonds is 5. The maximum absolute atomic E-state index is 6.21. The fourth-order valence-corrected chi connectivity index (χ4v) is 2.86. The van der Waals surface area contributed by atoms with Gasteiger partial charge in [-0.2, -0.15) is 0 Å². The lowest BCUT2D eigenvalue weighted by Crippen LogP contribution is -2.36. The molecule has 0 amide bonds. The minimum atomic E-state index is 0.302. The maximum Gasteiger partial charge on any atom is 0.145 e. The molecule has 0 bridgehead atoms. The first-order valence-electron chi connectivity index (χ1n) is 7.34. The molecule has 2 atom stereocenters. The molecule has 0 saturated carbocycles. The quantitative estimate of drug-likeness (QED) is 0.892. The van der Waals surface area contributed by atoms with Crippen molar-refractivity contribution < 1.29 is 14.2 Å². The average Bonchev–Trinajstić information content (AvgIpc) is 2.48. The first kappa shape index (κ1) is 16.2. The van der Waals surface area contributed by atoms with Crippen molar-refractivity contribution in [2.45, 2.75) is 38.8 Å². The van der Waals surface area contributed by atoms with Gasteiger partial charge in [-0.15, -0.1) is 0 Å². The number of hydrogen-bond donors (Lipinski definition) is 1. The van der Waals surface area contributed by atoms with Crippen LogP contribution in [0.2, 0.25) is 5.02 Å². The summed E-state index contributed by atoms with van der Waals surface area (Å²) in [5.74, 6) is 1.88. The maximum atomic E-state index is 6.21. The molecule has 0 aromatic heterocycles. The zero-order chi connectivity index (χ0) is 15.4. The summed E-state index contributed by atoms with van der Waals surface area (Å²) in [5.41, 5.74) is 0.901. The van der Waals surface area contributed by atoms with Gasteiger partial charge in [0.2, 0.25) is 0 Å².